The fourth-order valence-electron chi connectivity index (χ4n) is 1.46. The average Bonchev–Trinajstić information content (AvgIpc) is 2.38. The molecule has 0 aliphatic heterocycles. The van der Waals surface area contributed by atoms with E-state index < -0.39 is 6.04 Å². The molecule has 0 fully saturated rings. The second kappa shape index (κ2) is 5.20. The average molecular weight is 295 g/mol. The lowest BCUT2D eigenvalue weighted by molar-refractivity contribution is 0.386. The fraction of sp³-hybridized carbons (Fsp3) is 0.182. The molecule has 2 aromatic rings. The third-order valence-electron chi connectivity index (χ3n) is 2.26. The van der Waals surface area contributed by atoms with E-state index in [4.69, 9.17) is 10.5 Å². The smallest absolute Gasteiger partial charge is 0.237 e. The van der Waals surface area contributed by atoms with Crippen LogP contribution in [0.15, 0.2) is 35.2 Å². The van der Waals surface area contributed by atoms with Crippen molar-refractivity contribution in [2.75, 3.05) is 7.11 Å². The van der Waals surface area contributed by atoms with E-state index in [0.29, 0.717) is 17.3 Å². The molecule has 0 aliphatic rings. The van der Waals surface area contributed by atoms with Crippen molar-refractivity contribution >= 4 is 15.9 Å². The van der Waals surface area contributed by atoms with Gasteiger partial charge in [0, 0.05) is 23.1 Å². The van der Waals surface area contributed by atoms with Crippen molar-refractivity contribution < 1.29 is 4.74 Å². The summed E-state index contributed by atoms with van der Waals surface area (Å²) in [5.74, 6) is 0.414. The molecule has 6 heteroatoms. The van der Waals surface area contributed by atoms with Crippen molar-refractivity contribution in [3.63, 3.8) is 0 Å². The number of aromatic nitrogens is 3. The Morgan fingerprint density at radius 2 is 1.88 bits per heavy atom. The summed E-state index contributed by atoms with van der Waals surface area (Å²) >= 11 is 3.41. The zero-order chi connectivity index (χ0) is 12.3. The second-order valence-electron chi connectivity index (χ2n) is 3.30. The van der Waals surface area contributed by atoms with Gasteiger partial charge in [-0.2, -0.15) is 0 Å². The van der Waals surface area contributed by atoms with Crippen LogP contribution in [0.1, 0.15) is 17.4 Å². The summed E-state index contributed by atoms with van der Waals surface area (Å²) in [6.07, 6.45) is 4.82. The van der Waals surface area contributed by atoms with Crippen molar-refractivity contribution in [3.8, 4) is 5.88 Å². The van der Waals surface area contributed by atoms with Gasteiger partial charge in [-0.1, -0.05) is 0 Å². The van der Waals surface area contributed by atoms with Crippen LogP contribution in [0.5, 0.6) is 5.88 Å². The molecule has 0 saturated heterocycles. The molecule has 1 atom stereocenters. The summed E-state index contributed by atoms with van der Waals surface area (Å²) in [5.41, 5.74) is 7.38. The van der Waals surface area contributed by atoms with E-state index >= 15 is 0 Å². The van der Waals surface area contributed by atoms with Gasteiger partial charge in [0.15, 0.2) is 0 Å². The van der Waals surface area contributed by atoms with E-state index in [0.717, 1.165) is 4.47 Å². The Hall–Kier alpha value is -1.53. The third kappa shape index (κ3) is 2.42. The van der Waals surface area contributed by atoms with Gasteiger partial charge in [0.1, 0.15) is 5.69 Å². The Morgan fingerprint density at radius 3 is 2.59 bits per heavy atom. The maximum Gasteiger partial charge on any atom is 0.237 e. The molecule has 0 bridgehead atoms. The largest absolute Gasteiger partial charge is 0.480 e. The molecule has 88 valence electrons. The number of nitrogens with two attached hydrogens (primary N) is 1. The first kappa shape index (κ1) is 11.9. The molecule has 17 heavy (non-hydrogen) atoms. The maximum atomic E-state index is 6.12. The van der Waals surface area contributed by atoms with E-state index in [-0.39, 0.29) is 0 Å². The first-order chi connectivity index (χ1) is 8.24. The molecule has 0 aromatic carbocycles. The maximum absolute atomic E-state index is 6.12. The van der Waals surface area contributed by atoms with Crippen LogP contribution in [0, 0.1) is 0 Å². The summed E-state index contributed by atoms with van der Waals surface area (Å²) in [7, 11) is 1.54. The van der Waals surface area contributed by atoms with Crippen molar-refractivity contribution in [1.82, 2.24) is 15.0 Å². The monoisotopic (exact) mass is 294 g/mol. The number of hydrogen-bond donors (Lipinski definition) is 1. The lowest BCUT2D eigenvalue weighted by Gasteiger charge is -2.13. The summed E-state index contributed by atoms with van der Waals surface area (Å²) in [5, 5.41) is 0. The zero-order valence-corrected chi connectivity index (χ0v) is 10.8. The molecule has 2 rings (SSSR count). The molecule has 0 saturated carbocycles. The molecule has 2 N–H and O–H groups in total. The van der Waals surface area contributed by atoms with Gasteiger partial charge in [0.2, 0.25) is 5.88 Å². The molecule has 1 unspecified atom stereocenters. The van der Waals surface area contributed by atoms with Gasteiger partial charge in [-0.15, -0.1) is 0 Å². The predicted molar refractivity (Wildman–Crippen MR) is 66.6 cm³/mol. The summed E-state index contributed by atoms with van der Waals surface area (Å²) in [6, 6.07) is 3.23. The van der Waals surface area contributed by atoms with Gasteiger partial charge < -0.3 is 10.5 Å². The highest BCUT2D eigenvalue weighted by molar-refractivity contribution is 9.10. The van der Waals surface area contributed by atoms with Gasteiger partial charge in [-0.25, -0.2) is 4.98 Å². The molecule has 0 radical (unpaired) electrons. The Balaban J connectivity index is 2.44. The van der Waals surface area contributed by atoms with E-state index in [1.807, 2.05) is 12.1 Å². The number of nitrogens with zero attached hydrogens (tertiary/aromatic N) is 3. The molecular formula is C11H11BrN4O. The fourth-order valence-corrected chi connectivity index (χ4v) is 1.96. The quantitative estimate of drug-likeness (QED) is 0.932. The van der Waals surface area contributed by atoms with Crippen molar-refractivity contribution in [2.24, 2.45) is 5.73 Å². The number of halogens is 1. The minimum Gasteiger partial charge on any atom is -0.480 e. The van der Waals surface area contributed by atoms with Crippen LogP contribution in [0.2, 0.25) is 0 Å². The SMILES string of the molecule is COc1nccnc1C(N)c1ncccc1Br. The Kier molecular flexibility index (Phi) is 3.65. The lowest BCUT2D eigenvalue weighted by Crippen LogP contribution is -2.17. The molecule has 5 nitrogen and oxygen atoms in total. The van der Waals surface area contributed by atoms with Crippen LogP contribution in [0.4, 0.5) is 0 Å². The minimum atomic E-state index is -0.478. The summed E-state index contributed by atoms with van der Waals surface area (Å²) in [4.78, 5) is 12.5. The van der Waals surface area contributed by atoms with Gasteiger partial charge >= 0.3 is 0 Å². The Morgan fingerprint density at radius 1 is 1.18 bits per heavy atom. The van der Waals surface area contributed by atoms with Crippen molar-refractivity contribution in [1.29, 1.82) is 0 Å². The van der Waals surface area contributed by atoms with E-state index in [2.05, 4.69) is 30.9 Å². The van der Waals surface area contributed by atoms with Crippen LogP contribution in [0.3, 0.4) is 0 Å². The number of ether oxygens (including phenoxy) is 1. The van der Waals surface area contributed by atoms with Crippen molar-refractivity contribution in [2.45, 2.75) is 6.04 Å². The second-order valence-corrected chi connectivity index (χ2v) is 4.15. The van der Waals surface area contributed by atoms with Gasteiger partial charge in [0.05, 0.1) is 18.8 Å². The number of hydrogen-bond acceptors (Lipinski definition) is 5. The number of methoxy groups -OCH3 is 1. The standard InChI is InChI=1S/C11H11BrN4O/c1-17-11-10(15-5-6-16-11)8(13)9-7(12)3-2-4-14-9/h2-6,8H,13H2,1H3. The third-order valence-corrected chi connectivity index (χ3v) is 2.93. The molecular weight excluding hydrogens is 284 g/mol. The Labute approximate surface area is 107 Å². The molecule has 2 aromatic heterocycles. The van der Waals surface area contributed by atoms with Gasteiger partial charge in [0.25, 0.3) is 0 Å². The van der Waals surface area contributed by atoms with E-state index in [9.17, 15) is 0 Å². The normalized spacial score (nSPS) is 12.2. The summed E-state index contributed by atoms with van der Waals surface area (Å²) in [6.45, 7) is 0. The number of pyridine rings is 1. The topological polar surface area (TPSA) is 73.9 Å². The molecule has 0 amide bonds. The van der Waals surface area contributed by atoms with E-state index in [1.54, 1.807) is 18.6 Å². The highest BCUT2D eigenvalue weighted by atomic mass is 79.9. The van der Waals surface area contributed by atoms with Crippen LogP contribution < -0.4 is 10.5 Å². The van der Waals surface area contributed by atoms with Crippen LogP contribution in [-0.2, 0) is 0 Å². The first-order valence-electron chi connectivity index (χ1n) is 4.95. The lowest BCUT2D eigenvalue weighted by atomic mass is 10.1. The van der Waals surface area contributed by atoms with Crippen molar-refractivity contribution in [3.05, 3.63) is 46.6 Å². The number of rotatable bonds is 3. The Bertz CT molecular complexity index is 520. The van der Waals surface area contributed by atoms with Gasteiger partial charge in [-0.05, 0) is 28.1 Å². The van der Waals surface area contributed by atoms with Gasteiger partial charge in [-0.3, -0.25) is 9.97 Å². The highest BCUT2D eigenvalue weighted by Gasteiger charge is 2.19. The molecule has 0 aliphatic carbocycles. The van der Waals surface area contributed by atoms with Crippen LogP contribution in [0.25, 0.3) is 0 Å². The predicted octanol–water partition coefficient (Wildman–Crippen LogP) is 1.69. The minimum absolute atomic E-state index is 0.414. The van der Waals surface area contributed by atoms with E-state index in [1.165, 1.54) is 7.11 Å². The molecule has 0 spiro atoms. The first-order valence-corrected chi connectivity index (χ1v) is 5.74. The van der Waals surface area contributed by atoms with Crippen LogP contribution >= 0.6 is 15.9 Å². The summed E-state index contributed by atoms with van der Waals surface area (Å²) < 4.78 is 5.96. The van der Waals surface area contributed by atoms with Crippen LogP contribution in [-0.4, -0.2) is 22.1 Å². The highest BCUT2D eigenvalue weighted by Crippen LogP contribution is 2.27. The molecule has 2 heterocycles. The zero-order valence-electron chi connectivity index (χ0n) is 9.17.